The van der Waals surface area contributed by atoms with E-state index >= 15 is 0 Å². The van der Waals surface area contributed by atoms with Crippen LogP contribution in [0.5, 0.6) is 0 Å². The maximum Gasteiger partial charge on any atom is 0.306 e. The van der Waals surface area contributed by atoms with Crippen molar-refractivity contribution in [3.05, 3.63) is 0 Å². The van der Waals surface area contributed by atoms with Gasteiger partial charge >= 0.3 is 5.97 Å². The van der Waals surface area contributed by atoms with Gasteiger partial charge in [-0.15, -0.1) is 0 Å². The minimum atomic E-state index is -3.01. The molecule has 0 amide bonds. The lowest BCUT2D eigenvalue weighted by molar-refractivity contribution is -0.145. The normalized spacial score (nSPS) is 35.9. The Labute approximate surface area is 95.0 Å². The molecule has 2 fully saturated rings. The average molecular weight is 248 g/mol. The molecule has 2 aliphatic rings. The molecule has 0 spiro atoms. The van der Waals surface area contributed by atoms with E-state index in [0.717, 1.165) is 0 Å². The molecule has 0 aromatic rings. The minimum absolute atomic E-state index is 0.0590. The summed E-state index contributed by atoms with van der Waals surface area (Å²) in [6, 6.07) is 0. The highest BCUT2D eigenvalue weighted by atomic mass is 32.2. The Bertz CT molecular complexity index is 384. The van der Waals surface area contributed by atoms with Crippen LogP contribution >= 0.6 is 0 Å². The second-order valence-corrected chi connectivity index (χ2v) is 6.69. The van der Waals surface area contributed by atoms with Gasteiger partial charge in [-0.3, -0.25) is 4.79 Å². The van der Waals surface area contributed by atoms with Crippen molar-refractivity contribution in [1.29, 1.82) is 0 Å². The van der Waals surface area contributed by atoms with E-state index in [1.54, 1.807) is 6.92 Å². The summed E-state index contributed by atoms with van der Waals surface area (Å²) in [6.07, 6.45) is 0.595. The van der Waals surface area contributed by atoms with E-state index in [1.165, 1.54) is 0 Å². The van der Waals surface area contributed by atoms with Crippen molar-refractivity contribution in [3.8, 4) is 0 Å². The molecule has 2 atom stereocenters. The van der Waals surface area contributed by atoms with E-state index in [9.17, 15) is 13.2 Å². The summed E-state index contributed by atoms with van der Waals surface area (Å²) >= 11 is 0. The molecule has 0 bridgehead atoms. The molecular formula is C10H16O5S. The highest BCUT2D eigenvalue weighted by Gasteiger charge is 2.54. The fraction of sp³-hybridized carbons (Fsp3) is 0.900. The number of carbonyl (C=O) groups is 1. The van der Waals surface area contributed by atoms with Crippen molar-refractivity contribution in [2.45, 2.75) is 25.9 Å². The van der Waals surface area contributed by atoms with Crippen molar-refractivity contribution in [3.63, 3.8) is 0 Å². The minimum Gasteiger partial charge on any atom is -0.466 e. The van der Waals surface area contributed by atoms with Crippen molar-refractivity contribution in [1.82, 2.24) is 0 Å². The van der Waals surface area contributed by atoms with Crippen LogP contribution in [-0.2, 0) is 24.1 Å². The molecule has 0 aliphatic carbocycles. The molecule has 2 unspecified atom stereocenters. The molecule has 0 radical (unpaired) electrons. The Morgan fingerprint density at radius 1 is 1.56 bits per heavy atom. The van der Waals surface area contributed by atoms with Crippen molar-refractivity contribution < 1.29 is 22.7 Å². The first-order valence-corrected chi connectivity index (χ1v) is 7.27. The zero-order chi connectivity index (χ0) is 11.8. The lowest BCUT2D eigenvalue weighted by atomic mass is 9.81. The van der Waals surface area contributed by atoms with Crippen LogP contribution < -0.4 is 0 Å². The van der Waals surface area contributed by atoms with Gasteiger partial charge in [0.1, 0.15) is 0 Å². The average Bonchev–Trinajstić information content (AvgIpc) is 2.94. The Balaban J connectivity index is 2.09. The van der Waals surface area contributed by atoms with Crippen LogP contribution in [-0.4, -0.2) is 45.2 Å². The third-order valence-corrected chi connectivity index (χ3v) is 5.08. The first kappa shape index (κ1) is 11.9. The second kappa shape index (κ2) is 4.00. The van der Waals surface area contributed by atoms with Gasteiger partial charge < -0.3 is 9.47 Å². The van der Waals surface area contributed by atoms with Crippen molar-refractivity contribution >= 4 is 15.8 Å². The molecule has 2 aliphatic heterocycles. The largest absolute Gasteiger partial charge is 0.466 e. The van der Waals surface area contributed by atoms with Gasteiger partial charge in [-0.05, 0) is 13.3 Å². The second-order valence-electron chi connectivity index (χ2n) is 4.51. The lowest BCUT2D eigenvalue weighted by Crippen LogP contribution is -2.32. The van der Waals surface area contributed by atoms with Crippen molar-refractivity contribution in [2.75, 3.05) is 24.7 Å². The van der Waals surface area contributed by atoms with E-state index in [1.807, 2.05) is 0 Å². The highest BCUT2D eigenvalue weighted by molar-refractivity contribution is 7.91. The zero-order valence-corrected chi connectivity index (χ0v) is 10.1. The first-order valence-electron chi connectivity index (χ1n) is 5.45. The van der Waals surface area contributed by atoms with Gasteiger partial charge in [0, 0.05) is 5.41 Å². The number of esters is 1. The van der Waals surface area contributed by atoms with Gasteiger partial charge in [0.2, 0.25) is 0 Å². The van der Waals surface area contributed by atoms with Gasteiger partial charge in [-0.1, -0.05) is 0 Å². The Morgan fingerprint density at radius 3 is 2.69 bits per heavy atom. The highest BCUT2D eigenvalue weighted by Crippen LogP contribution is 2.45. The van der Waals surface area contributed by atoms with Gasteiger partial charge in [0.15, 0.2) is 9.84 Å². The number of hydrogen-bond donors (Lipinski definition) is 0. The molecule has 5 nitrogen and oxygen atoms in total. The van der Waals surface area contributed by atoms with E-state index in [-0.39, 0.29) is 30.0 Å². The lowest BCUT2D eigenvalue weighted by Gasteiger charge is -2.23. The molecule has 0 aromatic carbocycles. The molecule has 16 heavy (non-hydrogen) atoms. The van der Waals surface area contributed by atoms with Gasteiger partial charge in [0.05, 0.1) is 37.2 Å². The summed E-state index contributed by atoms with van der Waals surface area (Å²) in [6.45, 7) is 2.63. The summed E-state index contributed by atoms with van der Waals surface area (Å²) in [5.41, 5.74) is -0.523. The number of ether oxygens (including phenoxy) is 2. The van der Waals surface area contributed by atoms with Crippen LogP contribution in [0.15, 0.2) is 0 Å². The van der Waals surface area contributed by atoms with Gasteiger partial charge in [-0.2, -0.15) is 0 Å². The fourth-order valence-electron chi connectivity index (χ4n) is 2.35. The van der Waals surface area contributed by atoms with Crippen LogP contribution in [0, 0.1) is 5.41 Å². The predicted octanol–water partition coefficient (Wildman–Crippen LogP) is 0.143. The van der Waals surface area contributed by atoms with Crippen LogP contribution in [0.2, 0.25) is 0 Å². The smallest absolute Gasteiger partial charge is 0.306 e. The van der Waals surface area contributed by atoms with Crippen LogP contribution in [0.3, 0.4) is 0 Å². The van der Waals surface area contributed by atoms with E-state index in [0.29, 0.717) is 19.6 Å². The quantitative estimate of drug-likeness (QED) is 0.523. The number of carbonyl (C=O) groups excluding carboxylic acids is 1. The first-order chi connectivity index (χ1) is 7.47. The Morgan fingerprint density at radius 2 is 2.25 bits per heavy atom. The molecule has 6 heteroatoms. The van der Waals surface area contributed by atoms with Crippen LogP contribution in [0.4, 0.5) is 0 Å². The molecular weight excluding hydrogens is 232 g/mol. The van der Waals surface area contributed by atoms with Crippen LogP contribution in [0.1, 0.15) is 19.8 Å². The van der Waals surface area contributed by atoms with Gasteiger partial charge in [-0.25, -0.2) is 8.42 Å². The summed E-state index contributed by atoms with van der Waals surface area (Å²) in [4.78, 5) is 11.5. The maximum absolute atomic E-state index is 11.5. The van der Waals surface area contributed by atoms with E-state index in [2.05, 4.69) is 0 Å². The number of hydrogen-bond acceptors (Lipinski definition) is 5. The number of rotatable bonds is 4. The molecule has 0 saturated carbocycles. The molecule has 0 N–H and O–H groups in total. The van der Waals surface area contributed by atoms with E-state index in [4.69, 9.17) is 9.47 Å². The summed E-state index contributed by atoms with van der Waals surface area (Å²) in [5.74, 6) is -0.106. The standard InChI is InChI=1S/C10H16O5S/c1-2-14-9(11)5-10(8-6-15-8)3-4-16(12,13)7-10/h8H,2-7H2,1H3. The Hall–Kier alpha value is -0.620. The van der Waals surface area contributed by atoms with Crippen molar-refractivity contribution in [2.24, 2.45) is 5.41 Å². The molecule has 2 rings (SSSR count). The monoisotopic (exact) mass is 248 g/mol. The predicted molar refractivity (Wildman–Crippen MR) is 56.7 cm³/mol. The summed E-state index contributed by atoms with van der Waals surface area (Å²) in [5, 5.41) is 0. The molecule has 2 saturated heterocycles. The summed E-state index contributed by atoms with van der Waals surface area (Å²) < 4.78 is 33.1. The third kappa shape index (κ3) is 2.38. The number of sulfone groups is 1. The van der Waals surface area contributed by atoms with E-state index < -0.39 is 15.3 Å². The van der Waals surface area contributed by atoms with Crippen LogP contribution in [0.25, 0.3) is 0 Å². The molecule has 0 aromatic heterocycles. The van der Waals surface area contributed by atoms with Gasteiger partial charge in [0.25, 0.3) is 0 Å². The summed E-state index contributed by atoms with van der Waals surface area (Å²) in [7, 11) is -3.01. The molecule has 92 valence electrons. The fourth-order valence-corrected chi connectivity index (χ4v) is 4.52. The Kier molecular flexibility index (Phi) is 2.96. The topological polar surface area (TPSA) is 73.0 Å². The third-order valence-electron chi connectivity index (χ3n) is 3.24. The number of epoxide rings is 1. The zero-order valence-electron chi connectivity index (χ0n) is 9.27. The maximum atomic E-state index is 11.5. The molecule has 2 heterocycles. The SMILES string of the molecule is CCOC(=O)CC1(C2CO2)CCS(=O)(=O)C1.